The Morgan fingerprint density at radius 3 is 2.55 bits per heavy atom. The summed E-state index contributed by atoms with van der Waals surface area (Å²) in [6.07, 6.45) is 0.752. The highest BCUT2D eigenvalue weighted by Crippen LogP contribution is 2.22. The first-order valence-electron chi connectivity index (χ1n) is 6.96. The Morgan fingerprint density at radius 2 is 1.86 bits per heavy atom. The van der Waals surface area contributed by atoms with Gasteiger partial charge in [-0.1, -0.05) is 35.9 Å². The fourth-order valence-corrected chi connectivity index (χ4v) is 2.08. The molecule has 0 unspecified atom stereocenters. The molecule has 0 aromatic heterocycles. The summed E-state index contributed by atoms with van der Waals surface area (Å²) in [5, 5.41) is 3.31. The Morgan fingerprint density at radius 1 is 1.14 bits per heavy atom. The van der Waals surface area contributed by atoms with Gasteiger partial charge in [0.15, 0.2) is 6.61 Å². The summed E-state index contributed by atoms with van der Waals surface area (Å²) in [7, 11) is 1.63. The van der Waals surface area contributed by atoms with Crippen molar-refractivity contribution in [2.24, 2.45) is 0 Å². The number of amides is 1. The second-order valence-electron chi connectivity index (χ2n) is 4.67. The Kier molecular flexibility index (Phi) is 6.10. The van der Waals surface area contributed by atoms with Gasteiger partial charge in [-0.15, -0.1) is 0 Å². The summed E-state index contributed by atoms with van der Waals surface area (Å²) in [4.78, 5) is 11.7. The average molecular weight is 320 g/mol. The first kappa shape index (κ1) is 16.2. The van der Waals surface area contributed by atoms with Crippen LogP contribution in [0.2, 0.25) is 5.02 Å². The van der Waals surface area contributed by atoms with Crippen molar-refractivity contribution >= 4 is 17.5 Å². The van der Waals surface area contributed by atoms with Crippen LogP contribution in [0.3, 0.4) is 0 Å². The molecule has 0 heterocycles. The van der Waals surface area contributed by atoms with E-state index in [0.29, 0.717) is 17.3 Å². The van der Waals surface area contributed by atoms with Gasteiger partial charge in [0.05, 0.1) is 12.1 Å². The van der Waals surface area contributed by atoms with Gasteiger partial charge >= 0.3 is 0 Å². The van der Waals surface area contributed by atoms with Gasteiger partial charge in [0, 0.05) is 6.54 Å². The van der Waals surface area contributed by atoms with E-state index in [9.17, 15) is 4.79 Å². The maximum absolute atomic E-state index is 11.7. The molecule has 2 aromatic carbocycles. The number of methoxy groups -OCH3 is 1. The van der Waals surface area contributed by atoms with Crippen molar-refractivity contribution in [2.75, 3.05) is 20.3 Å². The van der Waals surface area contributed by atoms with Gasteiger partial charge < -0.3 is 14.8 Å². The average Bonchev–Trinajstić information content (AvgIpc) is 2.55. The number of ether oxygens (including phenoxy) is 2. The number of carbonyl (C=O) groups excluding carboxylic acids is 1. The zero-order chi connectivity index (χ0) is 15.8. The summed E-state index contributed by atoms with van der Waals surface area (Å²) in [5.74, 6) is 1.16. The molecule has 0 aliphatic heterocycles. The lowest BCUT2D eigenvalue weighted by Gasteiger charge is -2.09. The molecule has 0 aliphatic rings. The van der Waals surface area contributed by atoms with Crippen molar-refractivity contribution in [1.29, 1.82) is 0 Å². The highest BCUT2D eigenvalue weighted by molar-refractivity contribution is 6.32. The maximum Gasteiger partial charge on any atom is 0.257 e. The molecule has 1 N–H and O–H groups in total. The molecule has 0 saturated heterocycles. The molecular weight excluding hydrogens is 302 g/mol. The molecule has 2 rings (SSSR count). The molecule has 2 aromatic rings. The number of halogens is 1. The van der Waals surface area contributed by atoms with Gasteiger partial charge in [-0.3, -0.25) is 4.79 Å². The number of rotatable bonds is 7. The Hall–Kier alpha value is -2.20. The molecular formula is C17H18ClNO3. The van der Waals surface area contributed by atoms with E-state index in [1.165, 1.54) is 0 Å². The van der Waals surface area contributed by atoms with Crippen LogP contribution in [0, 0.1) is 0 Å². The van der Waals surface area contributed by atoms with Crippen LogP contribution < -0.4 is 14.8 Å². The zero-order valence-electron chi connectivity index (χ0n) is 12.3. The number of benzene rings is 2. The van der Waals surface area contributed by atoms with Gasteiger partial charge in [0.2, 0.25) is 0 Å². The Bertz CT molecular complexity index is 614. The minimum Gasteiger partial charge on any atom is -0.497 e. The highest BCUT2D eigenvalue weighted by atomic mass is 35.5. The summed E-state index contributed by atoms with van der Waals surface area (Å²) >= 11 is 5.95. The van der Waals surface area contributed by atoms with Crippen LogP contribution in [0.4, 0.5) is 0 Å². The molecule has 0 fully saturated rings. The van der Waals surface area contributed by atoms with E-state index in [2.05, 4.69) is 5.32 Å². The van der Waals surface area contributed by atoms with Gasteiger partial charge in [-0.05, 0) is 36.2 Å². The minimum atomic E-state index is -0.173. The number of carbonyl (C=O) groups is 1. The number of hydrogen-bond donors (Lipinski definition) is 1. The topological polar surface area (TPSA) is 47.6 Å². The predicted octanol–water partition coefficient (Wildman–Crippen LogP) is 3.09. The summed E-state index contributed by atoms with van der Waals surface area (Å²) in [6.45, 7) is 0.503. The highest BCUT2D eigenvalue weighted by Gasteiger charge is 2.05. The third kappa shape index (κ3) is 4.97. The first-order chi connectivity index (χ1) is 10.7. The maximum atomic E-state index is 11.7. The molecule has 22 heavy (non-hydrogen) atoms. The standard InChI is InChI=1S/C17H18ClNO3/c1-21-14-8-6-13(7-9-14)10-11-19-17(20)12-22-16-5-3-2-4-15(16)18/h2-9H,10-12H2,1H3,(H,19,20). The van der Waals surface area contributed by atoms with Gasteiger partial charge in [0.25, 0.3) is 5.91 Å². The third-order valence-corrected chi connectivity index (χ3v) is 3.40. The number of para-hydroxylation sites is 1. The van der Waals surface area contributed by atoms with Crippen LogP contribution in [0.25, 0.3) is 0 Å². The fraction of sp³-hybridized carbons (Fsp3) is 0.235. The van der Waals surface area contributed by atoms with Crippen molar-refractivity contribution in [1.82, 2.24) is 5.32 Å². The largest absolute Gasteiger partial charge is 0.497 e. The molecule has 0 atom stereocenters. The molecule has 0 radical (unpaired) electrons. The van der Waals surface area contributed by atoms with Crippen LogP contribution >= 0.6 is 11.6 Å². The third-order valence-electron chi connectivity index (χ3n) is 3.09. The van der Waals surface area contributed by atoms with Crippen molar-refractivity contribution in [3.63, 3.8) is 0 Å². The van der Waals surface area contributed by atoms with Crippen LogP contribution in [0.1, 0.15) is 5.56 Å². The summed E-state index contributed by atoms with van der Waals surface area (Å²) in [6, 6.07) is 14.8. The lowest BCUT2D eigenvalue weighted by molar-refractivity contribution is -0.123. The van der Waals surface area contributed by atoms with E-state index in [1.807, 2.05) is 36.4 Å². The minimum absolute atomic E-state index is 0.0493. The van der Waals surface area contributed by atoms with E-state index in [-0.39, 0.29) is 12.5 Å². The van der Waals surface area contributed by atoms with Crippen molar-refractivity contribution in [3.05, 3.63) is 59.1 Å². The normalized spacial score (nSPS) is 10.1. The molecule has 0 saturated carbocycles. The molecule has 116 valence electrons. The van der Waals surface area contributed by atoms with E-state index < -0.39 is 0 Å². The molecule has 1 amide bonds. The van der Waals surface area contributed by atoms with Crippen molar-refractivity contribution in [3.8, 4) is 11.5 Å². The van der Waals surface area contributed by atoms with E-state index in [0.717, 1.165) is 17.7 Å². The molecule has 4 nitrogen and oxygen atoms in total. The van der Waals surface area contributed by atoms with E-state index in [1.54, 1.807) is 19.2 Å². The van der Waals surface area contributed by atoms with Crippen LogP contribution in [-0.2, 0) is 11.2 Å². The molecule has 0 bridgehead atoms. The monoisotopic (exact) mass is 319 g/mol. The molecule has 0 aliphatic carbocycles. The van der Waals surface area contributed by atoms with Crippen molar-refractivity contribution in [2.45, 2.75) is 6.42 Å². The fourth-order valence-electron chi connectivity index (χ4n) is 1.89. The van der Waals surface area contributed by atoms with E-state index >= 15 is 0 Å². The van der Waals surface area contributed by atoms with Gasteiger partial charge in [-0.25, -0.2) is 0 Å². The SMILES string of the molecule is COc1ccc(CCNC(=O)COc2ccccc2Cl)cc1. The Labute approximate surface area is 135 Å². The molecule has 5 heteroatoms. The second-order valence-corrected chi connectivity index (χ2v) is 5.07. The van der Waals surface area contributed by atoms with E-state index in [4.69, 9.17) is 21.1 Å². The molecule has 0 spiro atoms. The summed E-state index contributed by atoms with van der Waals surface area (Å²) in [5.41, 5.74) is 1.13. The lowest BCUT2D eigenvalue weighted by atomic mass is 10.1. The van der Waals surface area contributed by atoms with Crippen LogP contribution in [0.5, 0.6) is 11.5 Å². The predicted molar refractivity (Wildman–Crippen MR) is 86.7 cm³/mol. The quantitative estimate of drug-likeness (QED) is 0.853. The first-order valence-corrected chi connectivity index (χ1v) is 7.34. The second kappa shape index (κ2) is 8.29. The Balaban J connectivity index is 1.70. The van der Waals surface area contributed by atoms with Gasteiger partial charge in [0.1, 0.15) is 11.5 Å². The van der Waals surface area contributed by atoms with Gasteiger partial charge in [-0.2, -0.15) is 0 Å². The van der Waals surface area contributed by atoms with Crippen molar-refractivity contribution < 1.29 is 14.3 Å². The van der Waals surface area contributed by atoms with Crippen LogP contribution in [0.15, 0.2) is 48.5 Å². The smallest absolute Gasteiger partial charge is 0.257 e. The number of hydrogen-bond acceptors (Lipinski definition) is 3. The summed E-state index contributed by atoms with van der Waals surface area (Å²) < 4.78 is 10.5. The van der Waals surface area contributed by atoms with Crippen LogP contribution in [-0.4, -0.2) is 26.2 Å². The number of nitrogens with one attached hydrogen (secondary N) is 1. The lowest BCUT2D eigenvalue weighted by Crippen LogP contribution is -2.30. The zero-order valence-corrected chi connectivity index (χ0v) is 13.1.